The molecule has 14 nitrogen and oxygen atoms in total. The predicted octanol–water partition coefficient (Wildman–Crippen LogP) is 6.31. The lowest BCUT2D eigenvalue weighted by Crippen LogP contribution is -2.57. The molecular formula is C49H70O14. The number of aliphatic hydroxyl groups is 1. The summed E-state index contributed by atoms with van der Waals surface area (Å²) in [5.74, 6) is -2.27. The highest BCUT2D eigenvalue weighted by molar-refractivity contribution is 6.03. The van der Waals surface area contributed by atoms with Crippen molar-refractivity contribution in [1.29, 1.82) is 0 Å². The maximum absolute atomic E-state index is 14.4. The van der Waals surface area contributed by atoms with E-state index in [0.29, 0.717) is 61.5 Å². The van der Waals surface area contributed by atoms with E-state index in [-0.39, 0.29) is 36.8 Å². The first kappa shape index (κ1) is 46.9. The summed E-state index contributed by atoms with van der Waals surface area (Å²) in [6.07, 6.45) is 12.9. The number of fused-ring (bicyclic) bond motifs is 2. The number of ether oxygens (including phenoxy) is 10. The third-order valence-corrected chi connectivity index (χ3v) is 15.1. The van der Waals surface area contributed by atoms with Gasteiger partial charge in [-0.2, -0.15) is 0 Å². The van der Waals surface area contributed by atoms with Gasteiger partial charge in [-0.1, -0.05) is 56.6 Å². The summed E-state index contributed by atoms with van der Waals surface area (Å²) in [4.78, 5) is 40.3. The van der Waals surface area contributed by atoms with E-state index < -0.39 is 84.7 Å². The molecule has 350 valence electrons. The fourth-order valence-corrected chi connectivity index (χ4v) is 11.5. The summed E-state index contributed by atoms with van der Waals surface area (Å²) >= 11 is 0. The van der Waals surface area contributed by atoms with Crippen LogP contribution in [0.5, 0.6) is 0 Å². The van der Waals surface area contributed by atoms with E-state index in [4.69, 9.17) is 47.4 Å². The van der Waals surface area contributed by atoms with Crippen molar-refractivity contribution < 1.29 is 66.9 Å². The van der Waals surface area contributed by atoms with Crippen LogP contribution in [-0.2, 0) is 61.8 Å². The van der Waals surface area contributed by atoms with E-state index in [1.807, 2.05) is 26.0 Å². The molecule has 5 saturated heterocycles. The molecule has 0 aromatic rings. The Morgan fingerprint density at radius 2 is 1.62 bits per heavy atom. The lowest BCUT2D eigenvalue weighted by Gasteiger charge is -2.51. The standard InChI is InChI=1S/C49H70O14/c1-27-17-18-34-22-35(25-48(62-34)20-19-28(2)44(63-48)32-13-9-8-10-14-32)59-47(52)36-21-29(3)42(50)46-49(36,53)33(26-56-46)15-11-12-16-37(27)60-40-24-39(55-7)45(31(5)58-40)61-41-23-38(54-6)43(51)30(4)57-41/h11-12,15,17,21,28,30-32,34-41,44-46,53H,8-10,13-14,16,18-20,22-26H2,1-7H3/b12-11+,27-17?,33-15+/t28-,30?,31?,34+,35-,36-,37-,38+,39+,40-,41-,44-,45-,46+,48?,49+/m0/s1. The van der Waals surface area contributed by atoms with E-state index in [1.165, 1.54) is 26.4 Å². The van der Waals surface area contributed by atoms with Gasteiger partial charge >= 0.3 is 5.97 Å². The fraction of sp³-hybridized carbons (Fsp3) is 0.776. The first-order valence-electron chi connectivity index (χ1n) is 23.6. The SMILES string of the molecule is CO[C@@H]1C[C@H](O[C@H]2C(C)O[C@@H](O[C@H]3C/C=C/C=C4\CO[C@@H]5C(=O)C(C)=C[C@@H](C(=O)O[C@H]6C[C@@H](CC=C3C)OC3(CC[C@H](C)[C@@H](C7CCCCC7)O3)C6)[C@]45O)C[C@H]2OC)OC(C)C1=O. The maximum Gasteiger partial charge on any atom is 0.316 e. The highest BCUT2D eigenvalue weighted by Crippen LogP contribution is 2.48. The Labute approximate surface area is 372 Å². The van der Waals surface area contributed by atoms with Gasteiger partial charge in [-0.15, -0.1) is 0 Å². The summed E-state index contributed by atoms with van der Waals surface area (Å²) < 4.78 is 63.6. The Morgan fingerprint density at radius 1 is 0.841 bits per heavy atom. The number of carbonyl (C=O) groups is 3. The first-order valence-corrected chi connectivity index (χ1v) is 23.6. The number of Topliss-reactive ketones (excluding diaryl/α,β-unsaturated/α-hetero) is 2. The molecule has 6 aliphatic heterocycles. The van der Waals surface area contributed by atoms with Crippen LogP contribution in [0, 0.1) is 17.8 Å². The number of carbonyl (C=O) groups excluding carboxylic acids is 3. The van der Waals surface area contributed by atoms with Crippen molar-refractivity contribution in [3.63, 3.8) is 0 Å². The lowest BCUT2D eigenvalue weighted by atomic mass is 9.71. The van der Waals surface area contributed by atoms with Crippen LogP contribution in [0.2, 0.25) is 0 Å². The van der Waals surface area contributed by atoms with Gasteiger partial charge in [-0.25, -0.2) is 0 Å². The van der Waals surface area contributed by atoms with Crippen LogP contribution < -0.4 is 0 Å². The number of hydrogen-bond donors (Lipinski definition) is 1. The number of methoxy groups -OCH3 is 2. The van der Waals surface area contributed by atoms with E-state index in [0.717, 1.165) is 24.8 Å². The van der Waals surface area contributed by atoms with Gasteiger partial charge in [-0.3, -0.25) is 14.4 Å². The summed E-state index contributed by atoms with van der Waals surface area (Å²) in [6, 6.07) is 0. The van der Waals surface area contributed by atoms with Gasteiger partial charge in [0.1, 0.15) is 35.9 Å². The molecule has 6 heterocycles. The number of hydrogen-bond acceptors (Lipinski definition) is 14. The average molecular weight is 883 g/mol. The van der Waals surface area contributed by atoms with Crippen LogP contribution in [0.3, 0.4) is 0 Å². The molecule has 1 saturated carbocycles. The van der Waals surface area contributed by atoms with Gasteiger partial charge in [0.15, 0.2) is 36.0 Å². The van der Waals surface area contributed by atoms with Crippen molar-refractivity contribution in [2.75, 3.05) is 20.8 Å². The molecule has 0 aromatic carbocycles. The van der Waals surface area contributed by atoms with E-state index >= 15 is 0 Å². The largest absolute Gasteiger partial charge is 0.462 e. The van der Waals surface area contributed by atoms with Gasteiger partial charge in [0.2, 0.25) is 0 Å². The van der Waals surface area contributed by atoms with Gasteiger partial charge in [0.05, 0.1) is 37.1 Å². The van der Waals surface area contributed by atoms with Crippen molar-refractivity contribution in [3.05, 3.63) is 47.1 Å². The average Bonchev–Trinajstić information content (AvgIpc) is 3.61. The highest BCUT2D eigenvalue weighted by Gasteiger charge is 2.60. The minimum atomic E-state index is -1.91. The number of rotatable bonds is 7. The molecule has 2 aliphatic carbocycles. The summed E-state index contributed by atoms with van der Waals surface area (Å²) in [5, 5.41) is 12.4. The molecule has 0 amide bonds. The quantitative estimate of drug-likeness (QED) is 0.224. The van der Waals surface area contributed by atoms with Crippen molar-refractivity contribution in [2.45, 2.75) is 203 Å². The van der Waals surface area contributed by atoms with Gasteiger partial charge < -0.3 is 52.5 Å². The molecule has 8 rings (SSSR count). The Hall–Kier alpha value is -2.63. The molecule has 16 atom stereocenters. The summed E-state index contributed by atoms with van der Waals surface area (Å²) in [5.41, 5.74) is -0.149. The lowest BCUT2D eigenvalue weighted by molar-refractivity contribution is -0.342. The smallest absolute Gasteiger partial charge is 0.316 e. The molecule has 1 spiro atoms. The molecule has 0 aromatic heterocycles. The van der Waals surface area contributed by atoms with E-state index in [9.17, 15) is 19.5 Å². The zero-order chi connectivity index (χ0) is 44.6. The van der Waals surface area contributed by atoms with Crippen LogP contribution in [0.1, 0.15) is 118 Å². The molecule has 8 aliphatic rings. The van der Waals surface area contributed by atoms with Crippen LogP contribution in [0.25, 0.3) is 0 Å². The molecule has 63 heavy (non-hydrogen) atoms. The minimum Gasteiger partial charge on any atom is -0.462 e. The number of allylic oxidation sites excluding steroid dienone is 2. The molecule has 6 fully saturated rings. The number of esters is 1. The normalized spacial score (nSPS) is 45.7. The van der Waals surface area contributed by atoms with Crippen molar-refractivity contribution in [1.82, 2.24) is 0 Å². The van der Waals surface area contributed by atoms with Crippen LogP contribution in [-0.4, -0.2) is 128 Å². The molecule has 2 bridgehead atoms. The van der Waals surface area contributed by atoms with Crippen LogP contribution in [0.15, 0.2) is 47.1 Å². The zero-order valence-electron chi connectivity index (χ0n) is 38.2. The Kier molecular flexibility index (Phi) is 14.6. The number of ketones is 2. The summed E-state index contributed by atoms with van der Waals surface area (Å²) in [6.45, 7) is 9.58. The Bertz CT molecular complexity index is 1800. The molecule has 1 N–H and O–H groups in total. The van der Waals surface area contributed by atoms with Gasteiger partial charge in [0.25, 0.3) is 0 Å². The van der Waals surface area contributed by atoms with Crippen molar-refractivity contribution in [2.24, 2.45) is 17.8 Å². The highest BCUT2D eigenvalue weighted by atomic mass is 16.7. The van der Waals surface area contributed by atoms with E-state index in [2.05, 4.69) is 13.0 Å². The van der Waals surface area contributed by atoms with Gasteiger partial charge in [0, 0.05) is 46.3 Å². The summed E-state index contributed by atoms with van der Waals surface area (Å²) in [7, 11) is 3.15. The minimum absolute atomic E-state index is 0.0132. The van der Waals surface area contributed by atoms with Crippen LogP contribution >= 0.6 is 0 Å². The predicted molar refractivity (Wildman–Crippen MR) is 228 cm³/mol. The van der Waals surface area contributed by atoms with E-state index in [1.54, 1.807) is 33.1 Å². The Morgan fingerprint density at radius 3 is 2.38 bits per heavy atom. The molecular weight excluding hydrogens is 813 g/mol. The Balaban J connectivity index is 1.06. The third-order valence-electron chi connectivity index (χ3n) is 15.1. The molecule has 3 unspecified atom stereocenters. The van der Waals surface area contributed by atoms with Crippen molar-refractivity contribution in [3.8, 4) is 0 Å². The monoisotopic (exact) mass is 882 g/mol. The molecule has 0 radical (unpaired) electrons. The van der Waals surface area contributed by atoms with Gasteiger partial charge in [-0.05, 0) is 88.4 Å². The second-order valence-corrected chi connectivity index (χ2v) is 19.5. The first-order chi connectivity index (χ1) is 30.2. The zero-order valence-corrected chi connectivity index (χ0v) is 38.2. The fourth-order valence-electron chi connectivity index (χ4n) is 11.5. The third kappa shape index (κ3) is 9.78. The van der Waals surface area contributed by atoms with Crippen LogP contribution in [0.4, 0.5) is 0 Å². The second-order valence-electron chi connectivity index (χ2n) is 19.5. The second kappa shape index (κ2) is 19.7. The van der Waals surface area contributed by atoms with Crippen molar-refractivity contribution >= 4 is 17.5 Å². The topological polar surface area (TPSA) is 164 Å². The maximum atomic E-state index is 14.4. The molecule has 14 heteroatoms.